The lowest BCUT2D eigenvalue weighted by molar-refractivity contribution is 0.0427. The van der Waals surface area contributed by atoms with E-state index in [0.29, 0.717) is 17.5 Å². The highest BCUT2D eigenvalue weighted by Gasteiger charge is 2.24. The molecule has 2 nitrogen and oxygen atoms in total. The minimum absolute atomic E-state index is 0.440. The molecule has 2 heteroatoms. The normalized spacial score (nSPS) is 29.4. The fourth-order valence-electron chi connectivity index (χ4n) is 2.29. The van der Waals surface area contributed by atoms with Crippen molar-refractivity contribution >= 4 is 0 Å². The van der Waals surface area contributed by atoms with E-state index in [1.54, 1.807) is 0 Å². The Morgan fingerprint density at radius 1 is 1.13 bits per heavy atom. The fourth-order valence-corrected chi connectivity index (χ4v) is 2.29. The van der Waals surface area contributed by atoms with Crippen LogP contribution in [0.4, 0.5) is 0 Å². The lowest BCUT2D eigenvalue weighted by Gasteiger charge is -2.39. The van der Waals surface area contributed by atoms with Crippen molar-refractivity contribution in [3.8, 4) is 0 Å². The topological polar surface area (TPSA) is 15.3 Å². The Balaban J connectivity index is 2.29. The lowest BCUT2D eigenvalue weighted by atomic mass is 9.92. The molecule has 0 aromatic heterocycles. The Bertz CT molecular complexity index is 173. The van der Waals surface area contributed by atoms with Gasteiger partial charge in [-0.05, 0) is 38.5 Å². The van der Waals surface area contributed by atoms with E-state index in [4.69, 9.17) is 0 Å². The van der Waals surface area contributed by atoms with Crippen LogP contribution >= 0.6 is 0 Å². The van der Waals surface area contributed by atoms with Gasteiger partial charge in [-0.15, -0.1) is 0 Å². The quantitative estimate of drug-likeness (QED) is 0.773. The number of hydrogen-bond donors (Lipinski definition) is 1. The highest BCUT2D eigenvalue weighted by Crippen LogP contribution is 2.21. The van der Waals surface area contributed by atoms with Crippen molar-refractivity contribution in [1.29, 1.82) is 0 Å². The van der Waals surface area contributed by atoms with Crippen molar-refractivity contribution in [1.82, 2.24) is 10.4 Å². The van der Waals surface area contributed by atoms with Crippen LogP contribution in [0.15, 0.2) is 0 Å². The molecule has 0 saturated carbocycles. The van der Waals surface area contributed by atoms with Crippen molar-refractivity contribution in [2.24, 2.45) is 5.41 Å². The van der Waals surface area contributed by atoms with Gasteiger partial charge < -0.3 is 0 Å². The van der Waals surface area contributed by atoms with Crippen LogP contribution in [0.1, 0.15) is 60.3 Å². The third-order valence-corrected chi connectivity index (χ3v) is 3.36. The van der Waals surface area contributed by atoms with Gasteiger partial charge in [0.15, 0.2) is 0 Å². The molecule has 1 saturated heterocycles. The van der Waals surface area contributed by atoms with Gasteiger partial charge in [0.1, 0.15) is 0 Å². The van der Waals surface area contributed by atoms with Crippen LogP contribution in [0.3, 0.4) is 0 Å². The molecule has 2 unspecified atom stereocenters. The monoisotopic (exact) mass is 212 g/mol. The zero-order valence-corrected chi connectivity index (χ0v) is 11.1. The van der Waals surface area contributed by atoms with Crippen LogP contribution in [-0.2, 0) is 0 Å². The molecule has 0 aromatic rings. The smallest absolute Gasteiger partial charge is 0.0218 e. The molecule has 15 heavy (non-hydrogen) atoms. The number of hydrogen-bond acceptors (Lipinski definition) is 2. The van der Waals surface area contributed by atoms with Crippen molar-refractivity contribution in [3.05, 3.63) is 0 Å². The Morgan fingerprint density at radius 2 is 1.67 bits per heavy atom. The van der Waals surface area contributed by atoms with E-state index in [-0.39, 0.29) is 0 Å². The first-order valence-electron chi connectivity index (χ1n) is 6.42. The average Bonchev–Trinajstić information content (AvgIpc) is 2.08. The van der Waals surface area contributed by atoms with Gasteiger partial charge in [-0.1, -0.05) is 27.2 Å². The molecule has 90 valence electrons. The second-order valence-electron chi connectivity index (χ2n) is 6.25. The standard InChI is InChI=1S/C13H28N2/c1-11-7-6-8-12(2)15(11)14-10-9-13(3,4)5/h11-12,14H,6-10H2,1-5H3. The van der Waals surface area contributed by atoms with E-state index in [9.17, 15) is 0 Å². The maximum atomic E-state index is 3.61. The van der Waals surface area contributed by atoms with Crippen molar-refractivity contribution in [2.45, 2.75) is 72.4 Å². The number of piperidine rings is 1. The molecule has 0 amide bonds. The second-order valence-corrected chi connectivity index (χ2v) is 6.25. The number of nitrogens with zero attached hydrogens (tertiary/aromatic N) is 1. The van der Waals surface area contributed by atoms with Crippen LogP contribution in [-0.4, -0.2) is 23.6 Å². The van der Waals surface area contributed by atoms with Crippen molar-refractivity contribution in [2.75, 3.05) is 6.54 Å². The number of hydrazine groups is 1. The molecule has 1 N–H and O–H groups in total. The summed E-state index contributed by atoms with van der Waals surface area (Å²) in [5.74, 6) is 0. The Labute approximate surface area is 95.4 Å². The Kier molecular flexibility index (Phi) is 4.60. The zero-order valence-electron chi connectivity index (χ0n) is 11.1. The fraction of sp³-hybridized carbons (Fsp3) is 1.00. The maximum absolute atomic E-state index is 3.61. The average molecular weight is 212 g/mol. The molecule has 0 spiro atoms. The van der Waals surface area contributed by atoms with Crippen LogP contribution in [0, 0.1) is 5.41 Å². The van der Waals surface area contributed by atoms with E-state index in [2.05, 4.69) is 45.1 Å². The van der Waals surface area contributed by atoms with E-state index < -0.39 is 0 Å². The minimum Gasteiger partial charge on any atom is -0.255 e. The summed E-state index contributed by atoms with van der Waals surface area (Å²) in [5, 5.41) is 2.47. The summed E-state index contributed by atoms with van der Waals surface area (Å²) in [5.41, 5.74) is 4.05. The maximum Gasteiger partial charge on any atom is 0.0218 e. The molecule has 1 aliphatic rings. The van der Waals surface area contributed by atoms with Gasteiger partial charge in [-0.2, -0.15) is 0 Å². The summed E-state index contributed by atoms with van der Waals surface area (Å²) in [6.07, 6.45) is 5.31. The van der Waals surface area contributed by atoms with Gasteiger partial charge >= 0.3 is 0 Å². The van der Waals surface area contributed by atoms with Crippen LogP contribution in [0.25, 0.3) is 0 Å². The highest BCUT2D eigenvalue weighted by molar-refractivity contribution is 4.77. The molecular formula is C13H28N2. The van der Waals surface area contributed by atoms with E-state index in [1.165, 1.54) is 25.7 Å². The van der Waals surface area contributed by atoms with Crippen LogP contribution in [0.2, 0.25) is 0 Å². The summed E-state index contributed by atoms with van der Waals surface area (Å²) in [6, 6.07) is 1.41. The van der Waals surface area contributed by atoms with Crippen LogP contribution in [0.5, 0.6) is 0 Å². The Hall–Kier alpha value is -0.0800. The molecule has 0 aliphatic carbocycles. The zero-order chi connectivity index (χ0) is 11.5. The van der Waals surface area contributed by atoms with Gasteiger partial charge in [0.05, 0.1) is 0 Å². The first-order chi connectivity index (χ1) is 6.90. The van der Waals surface area contributed by atoms with E-state index in [0.717, 1.165) is 6.54 Å². The van der Waals surface area contributed by atoms with Crippen molar-refractivity contribution < 1.29 is 0 Å². The number of nitrogens with one attached hydrogen (secondary N) is 1. The summed E-state index contributed by atoms with van der Waals surface area (Å²) >= 11 is 0. The summed E-state index contributed by atoms with van der Waals surface area (Å²) in [6.45, 7) is 12.7. The third kappa shape index (κ3) is 4.52. The minimum atomic E-state index is 0.440. The SMILES string of the molecule is CC1CCCC(C)N1NCCC(C)(C)C. The van der Waals surface area contributed by atoms with Gasteiger partial charge in [0.2, 0.25) is 0 Å². The first kappa shape index (κ1) is 13.0. The molecule has 1 heterocycles. The van der Waals surface area contributed by atoms with Crippen molar-refractivity contribution in [3.63, 3.8) is 0 Å². The van der Waals surface area contributed by atoms with E-state index >= 15 is 0 Å². The Morgan fingerprint density at radius 3 is 2.13 bits per heavy atom. The molecular weight excluding hydrogens is 184 g/mol. The molecule has 2 atom stereocenters. The van der Waals surface area contributed by atoms with Gasteiger partial charge in [-0.25, -0.2) is 5.01 Å². The van der Waals surface area contributed by atoms with E-state index in [1.807, 2.05) is 0 Å². The summed E-state index contributed by atoms with van der Waals surface area (Å²) in [4.78, 5) is 0. The van der Waals surface area contributed by atoms with Gasteiger partial charge in [0, 0.05) is 18.6 Å². The van der Waals surface area contributed by atoms with Gasteiger partial charge in [0.25, 0.3) is 0 Å². The molecule has 0 bridgehead atoms. The molecule has 0 aromatic carbocycles. The molecule has 1 rings (SSSR count). The predicted octanol–water partition coefficient (Wildman–Crippen LogP) is 3.19. The molecule has 0 radical (unpaired) electrons. The largest absolute Gasteiger partial charge is 0.255 e. The first-order valence-corrected chi connectivity index (χ1v) is 6.42. The highest BCUT2D eigenvalue weighted by atomic mass is 15.5. The summed E-state index contributed by atoms with van der Waals surface area (Å²) < 4.78 is 0. The number of rotatable bonds is 3. The predicted molar refractivity (Wildman–Crippen MR) is 66.7 cm³/mol. The van der Waals surface area contributed by atoms with Gasteiger partial charge in [-0.3, -0.25) is 5.43 Å². The van der Waals surface area contributed by atoms with Crippen LogP contribution < -0.4 is 5.43 Å². The third-order valence-electron chi connectivity index (χ3n) is 3.36. The summed E-state index contributed by atoms with van der Waals surface area (Å²) in [7, 11) is 0. The lowest BCUT2D eigenvalue weighted by Crippen LogP contribution is -2.52. The molecule has 1 fully saturated rings. The second kappa shape index (κ2) is 5.31. The molecule has 1 aliphatic heterocycles.